The highest BCUT2D eigenvalue weighted by Gasteiger charge is 2.19. The third-order valence-corrected chi connectivity index (χ3v) is 5.53. The van der Waals surface area contributed by atoms with Gasteiger partial charge in [0.25, 0.3) is 5.56 Å². The first-order valence-electron chi connectivity index (χ1n) is 8.66. The molecule has 2 aromatic carbocycles. The molecule has 4 rings (SSSR count). The van der Waals surface area contributed by atoms with E-state index in [1.54, 1.807) is 37.3 Å². The summed E-state index contributed by atoms with van der Waals surface area (Å²) in [4.78, 5) is 17.7. The third-order valence-electron chi connectivity index (χ3n) is 4.40. The van der Waals surface area contributed by atoms with Gasteiger partial charge in [-0.2, -0.15) is 0 Å². The Morgan fingerprint density at radius 3 is 2.71 bits per heavy atom. The minimum atomic E-state index is -0.628. The fourth-order valence-electron chi connectivity index (χ4n) is 2.99. The second-order valence-corrected chi connectivity index (χ2v) is 7.62. The van der Waals surface area contributed by atoms with Gasteiger partial charge in [0.2, 0.25) is 0 Å². The number of halogens is 2. The van der Waals surface area contributed by atoms with E-state index in [1.165, 1.54) is 34.7 Å². The van der Waals surface area contributed by atoms with Crippen LogP contribution >= 0.6 is 11.8 Å². The average Bonchev–Trinajstić information content (AvgIpc) is 3.18. The number of rotatable bonds is 5. The van der Waals surface area contributed by atoms with Crippen LogP contribution in [0, 0.1) is 11.6 Å². The van der Waals surface area contributed by atoms with Crippen molar-refractivity contribution in [2.75, 3.05) is 0 Å². The van der Waals surface area contributed by atoms with Crippen molar-refractivity contribution < 1.29 is 13.2 Å². The fraction of sp³-hybridized carbons (Fsp3) is 0.143. The van der Waals surface area contributed by atoms with Gasteiger partial charge in [0.1, 0.15) is 17.4 Å². The minimum Gasteiger partial charge on any atom is -0.467 e. The summed E-state index contributed by atoms with van der Waals surface area (Å²) in [5.74, 6) is -0.639. The van der Waals surface area contributed by atoms with Gasteiger partial charge in [-0.25, -0.2) is 13.8 Å². The summed E-state index contributed by atoms with van der Waals surface area (Å²) >= 11 is 1.24. The molecule has 0 aliphatic carbocycles. The van der Waals surface area contributed by atoms with Gasteiger partial charge in [-0.15, -0.1) is 0 Å². The number of para-hydroxylation sites is 1. The highest BCUT2D eigenvalue weighted by Crippen LogP contribution is 2.35. The Bertz CT molecular complexity index is 1190. The molecule has 4 aromatic rings. The number of hydrogen-bond acceptors (Lipinski definition) is 4. The quantitative estimate of drug-likeness (QED) is 0.344. The molecule has 7 heteroatoms. The molecule has 0 saturated heterocycles. The second-order valence-electron chi connectivity index (χ2n) is 6.31. The summed E-state index contributed by atoms with van der Waals surface area (Å²) < 4.78 is 34.3. The van der Waals surface area contributed by atoms with Gasteiger partial charge in [-0.1, -0.05) is 30.0 Å². The number of nitrogens with zero attached hydrogens (tertiary/aromatic N) is 2. The summed E-state index contributed by atoms with van der Waals surface area (Å²) in [6.07, 6.45) is 1.54. The van der Waals surface area contributed by atoms with Crippen LogP contribution in [0.25, 0.3) is 10.9 Å². The molecule has 0 radical (unpaired) electrons. The highest BCUT2D eigenvalue weighted by atomic mass is 32.2. The number of thioether (sulfide) groups is 1. The van der Waals surface area contributed by atoms with Crippen molar-refractivity contribution in [3.63, 3.8) is 0 Å². The van der Waals surface area contributed by atoms with Crippen molar-refractivity contribution in [3.05, 3.63) is 94.2 Å². The lowest BCUT2D eigenvalue weighted by Crippen LogP contribution is -2.24. The average molecular weight is 398 g/mol. The van der Waals surface area contributed by atoms with Crippen LogP contribution in [0.3, 0.4) is 0 Å². The Morgan fingerprint density at radius 2 is 1.96 bits per heavy atom. The van der Waals surface area contributed by atoms with Crippen molar-refractivity contribution in [2.45, 2.75) is 23.9 Å². The van der Waals surface area contributed by atoms with Gasteiger partial charge in [0, 0.05) is 16.9 Å². The SMILES string of the molecule is CC(Sc1nc2ccccc2c(=O)n1Cc1ccco1)c1ccc(F)cc1F. The highest BCUT2D eigenvalue weighted by molar-refractivity contribution is 7.99. The van der Waals surface area contributed by atoms with E-state index in [0.29, 0.717) is 27.4 Å². The van der Waals surface area contributed by atoms with E-state index in [0.717, 1.165) is 6.07 Å². The minimum absolute atomic E-state index is 0.198. The van der Waals surface area contributed by atoms with Crippen molar-refractivity contribution in [1.82, 2.24) is 9.55 Å². The monoisotopic (exact) mass is 398 g/mol. The van der Waals surface area contributed by atoms with Gasteiger partial charge in [-0.3, -0.25) is 9.36 Å². The Labute approximate surface area is 163 Å². The smallest absolute Gasteiger partial charge is 0.262 e. The van der Waals surface area contributed by atoms with Gasteiger partial charge < -0.3 is 4.42 Å². The standard InChI is InChI=1S/C21H16F2N2O2S/c1-13(16-9-8-14(22)11-18(16)23)28-21-24-19-7-3-2-6-17(19)20(26)25(21)12-15-5-4-10-27-15/h2-11,13H,12H2,1H3. The summed E-state index contributed by atoms with van der Waals surface area (Å²) in [6.45, 7) is 2.00. The molecular weight excluding hydrogens is 382 g/mol. The van der Waals surface area contributed by atoms with Crippen LogP contribution in [-0.4, -0.2) is 9.55 Å². The number of hydrogen-bond donors (Lipinski definition) is 0. The molecule has 0 saturated carbocycles. The molecule has 0 amide bonds. The van der Waals surface area contributed by atoms with E-state index < -0.39 is 11.6 Å². The zero-order chi connectivity index (χ0) is 19.7. The predicted octanol–water partition coefficient (Wildman–Crippen LogP) is 5.17. The predicted molar refractivity (Wildman–Crippen MR) is 104 cm³/mol. The van der Waals surface area contributed by atoms with E-state index in [1.807, 2.05) is 6.07 Å². The van der Waals surface area contributed by atoms with Crippen LogP contribution in [0.5, 0.6) is 0 Å². The lowest BCUT2D eigenvalue weighted by atomic mass is 10.1. The molecule has 1 atom stereocenters. The summed E-state index contributed by atoms with van der Waals surface area (Å²) in [7, 11) is 0. The van der Waals surface area contributed by atoms with E-state index in [9.17, 15) is 13.6 Å². The normalized spacial score (nSPS) is 12.4. The first kappa shape index (κ1) is 18.4. The molecule has 0 N–H and O–H groups in total. The zero-order valence-electron chi connectivity index (χ0n) is 14.9. The van der Waals surface area contributed by atoms with Crippen molar-refractivity contribution in [1.29, 1.82) is 0 Å². The van der Waals surface area contributed by atoms with Crippen LogP contribution in [0.2, 0.25) is 0 Å². The fourth-order valence-corrected chi connectivity index (χ4v) is 4.05. The van der Waals surface area contributed by atoms with Gasteiger partial charge >= 0.3 is 0 Å². The van der Waals surface area contributed by atoms with Crippen molar-refractivity contribution >= 4 is 22.7 Å². The van der Waals surface area contributed by atoms with Crippen LogP contribution in [0.4, 0.5) is 8.78 Å². The first-order chi connectivity index (χ1) is 13.5. The largest absolute Gasteiger partial charge is 0.467 e. The van der Waals surface area contributed by atoms with E-state index in [-0.39, 0.29) is 17.4 Å². The number of aromatic nitrogens is 2. The van der Waals surface area contributed by atoms with Crippen molar-refractivity contribution in [3.8, 4) is 0 Å². The molecule has 1 unspecified atom stereocenters. The van der Waals surface area contributed by atoms with Gasteiger partial charge in [0.05, 0.1) is 23.7 Å². The molecule has 142 valence electrons. The molecule has 0 bridgehead atoms. The molecule has 2 heterocycles. The Hall–Kier alpha value is -2.93. The maximum absolute atomic E-state index is 14.2. The molecule has 2 aromatic heterocycles. The van der Waals surface area contributed by atoms with Crippen LogP contribution in [-0.2, 0) is 6.54 Å². The lowest BCUT2D eigenvalue weighted by molar-refractivity contribution is 0.476. The maximum atomic E-state index is 14.2. The van der Waals surface area contributed by atoms with Crippen molar-refractivity contribution in [2.24, 2.45) is 0 Å². The van der Waals surface area contributed by atoms with Crippen LogP contribution in [0.1, 0.15) is 23.5 Å². The Kier molecular flexibility index (Phi) is 5.00. The number of benzene rings is 2. The van der Waals surface area contributed by atoms with Crippen LogP contribution < -0.4 is 5.56 Å². The Balaban J connectivity index is 1.79. The van der Waals surface area contributed by atoms with E-state index in [2.05, 4.69) is 4.98 Å². The first-order valence-corrected chi connectivity index (χ1v) is 9.54. The molecule has 0 aliphatic heterocycles. The molecule has 28 heavy (non-hydrogen) atoms. The zero-order valence-corrected chi connectivity index (χ0v) is 15.7. The number of fused-ring (bicyclic) bond motifs is 1. The third kappa shape index (κ3) is 3.57. The lowest BCUT2D eigenvalue weighted by Gasteiger charge is -2.16. The molecule has 0 fully saturated rings. The van der Waals surface area contributed by atoms with E-state index in [4.69, 9.17) is 4.42 Å². The second kappa shape index (κ2) is 7.59. The van der Waals surface area contributed by atoms with Gasteiger partial charge in [-0.05, 0) is 37.3 Å². The van der Waals surface area contributed by atoms with Gasteiger partial charge in [0.15, 0.2) is 5.16 Å². The number of furan rings is 1. The molecule has 0 spiro atoms. The molecular formula is C21H16F2N2O2S. The maximum Gasteiger partial charge on any atom is 0.262 e. The molecule has 4 nitrogen and oxygen atoms in total. The summed E-state index contributed by atoms with van der Waals surface area (Å²) in [5.41, 5.74) is 0.715. The topological polar surface area (TPSA) is 48.0 Å². The summed E-state index contributed by atoms with van der Waals surface area (Å²) in [5, 5.41) is 0.562. The van der Waals surface area contributed by atoms with Crippen LogP contribution in [0.15, 0.2) is 75.2 Å². The van der Waals surface area contributed by atoms with E-state index >= 15 is 0 Å². The Morgan fingerprint density at radius 1 is 1.14 bits per heavy atom. The summed E-state index contributed by atoms with van der Waals surface area (Å²) in [6, 6.07) is 14.1. The molecule has 0 aliphatic rings.